The van der Waals surface area contributed by atoms with Crippen molar-refractivity contribution in [3.63, 3.8) is 0 Å². The third-order valence-electron chi connectivity index (χ3n) is 5.49. The largest absolute Gasteiger partial charge is 0.699 e. The van der Waals surface area contributed by atoms with Gasteiger partial charge in [-0.1, -0.05) is 85.3 Å². The van der Waals surface area contributed by atoms with E-state index in [1.165, 1.54) is 11.1 Å². The molecule has 0 aliphatic heterocycles. The van der Waals surface area contributed by atoms with Crippen LogP contribution in [0.1, 0.15) is 34.8 Å². The molecule has 4 rings (SSSR count). The fourth-order valence-corrected chi connectivity index (χ4v) is 3.70. The van der Waals surface area contributed by atoms with E-state index < -0.39 is 5.91 Å². The number of amides is 1. The Bertz CT molecular complexity index is 1250. The Hall–Kier alpha value is -3.26. The number of carbonyl (C=O) groups is 1. The molecule has 4 aromatic rings. The molecule has 0 aliphatic carbocycles. The molecule has 0 aliphatic rings. The molecule has 3 aromatic carbocycles. The van der Waals surface area contributed by atoms with Crippen molar-refractivity contribution in [3.8, 4) is 11.3 Å². The molecular formula is C29H32N5O2Y-. The second-order valence-electron chi connectivity index (χ2n) is 8.39. The van der Waals surface area contributed by atoms with Gasteiger partial charge in [-0.05, 0) is 31.0 Å². The van der Waals surface area contributed by atoms with E-state index >= 15 is 0 Å². The number of nitrogens with two attached hydrogens (primary N) is 1. The van der Waals surface area contributed by atoms with Crippen LogP contribution in [0.5, 0.6) is 0 Å². The second-order valence-corrected chi connectivity index (χ2v) is 8.39. The number of nitrogens with one attached hydrogen (secondary N) is 2. The van der Waals surface area contributed by atoms with E-state index in [2.05, 4.69) is 29.4 Å². The van der Waals surface area contributed by atoms with Gasteiger partial charge in [-0.3, -0.25) is 15.5 Å². The van der Waals surface area contributed by atoms with Crippen LogP contribution in [-0.4, -0.2) is 22.6 Å². The van der Waals surface area contributed by atoms with Gasteiger partial charge in [0.15, 0.2) is 0 Å². The summed E-state index contributed by atoms with van der Waals surface area (Å²) < 4.78 is 0. The van der Waals surface area contributed by atoms with Gasteiger partial charge in [0.2, 0.25) is 5.91 Å². The minimum Gasteiger partial charge on any atom is -0.699 e. The molecule has 5 N–H and O–H groups in total. The summed E-state index contributed by atoms with van der Waals surface area (Å²) in [6.07, 6.45) is 0.943. The first-order chi connectivity index (χ1) is 17.4. The Morgan fingerprint density at radius 1 is 1.00 bits per heavy atom. The van der Waals surface area contributed by atoms with Gasteiger partial charge in [0.25, 0.3) is 0 Å². The molecule has 0 saturated heterocycles. The van der Waals surface area contributed by atoms with Crippen LogP contribution in [0.3, 0.4) is 0 Å². The predicted molar refractivity (Wildman–Crippen MR) is 147 cm³/mol. The van der Waals surface area contributed by atoms with Crippen LogP contribution in [0.4, 0.5) is 17.2 Å². The predicted octanol–water partition coefficient (Wildman–Crippen LogP) is 6.74. The summed E-state index contributed by atoms with van der Waals surface area (Å²) in [7, 11) is 0. The fourth-order valence-electron chi connectivity index (χ4n) is 3.70. The van der Waals surface area contributed by atoms with Gasteiger partial charge in [-0.2, -0.15) is 0 Å². The first-order valence-electron chi connectivity index (χ1n) is 11.8. The number of aryl methyl sites for hydroxylation is 1. The Labute approximate surface area is 243 Å². The van der Waals surface area contributed by atoms with Crippen molar-refractivity contribution in [2.75, 3.05) is 16.9 Å². The molecule has 1 heterocycles. The summed E-state index contributed by atoms with van der Waals surface area (Å²) in [4.78, 5) is 18.8. The number of hydrogen-bond acceptors (Lipinski definition) is 5. The molecule has 0 spiro atoms. The van der Waals surface area contributed by atoms with Crippen molar-refractivity contribution < 1.29 is 42.7 Å². The van der Waals surface area contributed by atoms with Crippen molar-refractivity contribution in [1.82, 2.24) is 4.98 Å². The third-order valence-corrected chi connectivity index (χ3v) is 5.49. The molecule has 189 valence electrons. The Morgan fingerprint density at radius 3 is 2.24 bits per heavy atom. The number of benzene rings is 3. The van der Waals surface area contributed by atoms with E-state index in [4.69, 9.17) is 16.5 Å². The smallest absolute Gasteiger partial charge is 0.249 e. The number of aromatic nitrogens is 1. The summed E-state index contributed by atoms with van der Waals surface area (Å²) >= 11 is 0. The molecule has 7 nitrogen and oxygen atoms in total. The van der Waals surface area contributed by atoms with Gasteiger partial charge in [0, 0.05) is 63.0 Å². The molecule has 37 heavy (non-hydrogen) atoms. The molecule has 0 saturated carbocycles. The van der Waals surface area contributed by atoms with Crippen LogP contribution in [0.25, 0.3) is 17.0 Å². The molecule has 0 fully saturated rings. The van der Waals surface area contributed by atoms with E-state index in [1.807, 2.05) is 43.3 Å². The zero-order valence-electron chi connectivity index (χ0n) is 21.2. The number of anilines is 2. The Balaban J connectivity index is 0.000000457. The van der Waals surface area contributed by atoms with Crippen molar-refractivity contribution >= 4 is 23.1 Å². The number of pyridine rings is 1. The molecule has 1 aromatic heterocycles. The number of nitrogens with zero attached hydrogens (tertiary/aromatic N) is 2. The third kappa shape index (κ3) is 8.97. The van der Waals surface area contributed by atoms with Crippen LogP contribution in [0.2, 0.25) is 0 Å². The van der Waals surface area contributed by atoms with Gasteiger partial charge in [0.1, 0.15) is 5.82 Å². The zero-order chi connectivity index (χ0) is 25.9. The molecule has 1 amide bonds. The summed E-state index contributed by atoms with van der Waals surface area (Å²) in [6, 6.07) is 28.1. The Morgan fingerprint density at radius 2 is 1.65 bits per heavy atom. The molecule has 1 radical (unpaired) electrons. The SMILES string of the molecule is CCCN(Cc1ccccc1)c1cc(NO)cc(-c2ccccc2C(N)=O)n1.Cc1ccc([NH-])cc1.[Y]. The molecule has 0 bridgehead atoms. The fraction of sp³-hybridized carbons (Fsp3) is 0.172. The average Bonchev–Trinajstić information content (AvgIpc) is 2.90. The molecular weight excluding hydrogens is 539 g/mol. The normalized spacial score (nSPS) is 9.92. The minimum absolute atomic E-state index is 0. The summed E-state index contributed by atoms with van der Waals surface area (Å²) in [5.41, 5.74) is 19.9. The van der Waals surface area contributed by atoms with Gasteiger partial charge < -0.3 is 16.4 Å². The van der Waals surface area contributed by atoms with Crippen molar-refractivity contribution in [3.05, 3.63) is 113 Å². The van der Waals surface area contributed by atoms with Gasteiger partial charge in [-0.15, -0.1) is 5.69 Å². The maximum Gasteiger partial charge on any atom is 0.249 e. The van der Waals surface area contributed by atoms with Gasteiger partial charge in [0.05, 0.1) is 11.4 Å². The standard InChI is InChI=1S/C22H24N4O2.C7H8N.Y/c1-2-12-26(15-16-8-4-3-5-9-16)21-14-17(25-28)13-20(24-21)18-10-6-7-11-19(18)22(23)27;1-6-2-4-7(8)5-3-6;/h3-11,13-14,28H,2,12,15H2,1H3,(H2,23,27)(H,24,25);2-5,8H,1H3;/q;-1;. The average molecular weight is 572 g/mol. The summed E-state index contributed by atoms with van der Waals surface area (Å²) in [5.74, 6) is 0.190. The molecule has 0 atom stereocenters. The van der Waals surface area contributed by atoms with Crippen molar-refractivity contribution in [2.24, 2.45) is 5.73 Å². The topological polar surface area (TPSA) is 115 Å². The quantitative estimate of drug-likeness (QED) is 0.203. The first-order valence-corrected chi connectivity index (χ1v) is 11.8. The number of carbonyl (C=O) groups excluding carboxylic acids is 1. The number of rotatable bonds is 8. The monoisotopic (exact) mass is 571 g/mol. The molecule has 0 unspecified atom stereocenters. The van der Waals surface area contributed by atoms with E-state index in [0.29, 0.717) is 40.6 Å². The first kappa shape index (κ1) is 30.0. The summed E-state index contributed by atoms with van der Waals surface area (Å²) in [6.45, 7) is 5.61. The van der Waals surface area contributed by atoms with E-state index in [0.717, 1.165) is 13.0 Å². The van der Waals surface area contributed by atoms with Crippen LogP contribution in [-0.2, 0) is 39.3 Å². The second kappa shape index (κ2) is 15.1. The van der Waals surface area contributed by atoms with Crippen LogP contribution >= 0.6 is 0 Å². The molecule has 8 heteroatoms. The van der Waals surface area contributed by atoms with E-state index in [1.54, 1.807) is 42.5 Å². The van der Waals surface area contributed by atoms with E-state index in [9.17, 15) is 10.0 Å². The van der Waals surface area contributed by atoms with Gasteiger partial charge >= 0.3 is 0 Å². The van der Waals surface area contributed by atoms with Crippen LogP contribution in [0, 0.1) is 6.92 Å². The maximum atomic E-state index is 11.8. The zero-order valence-corrected chi connectivity index (χ0v) is 24.0. The van der Waals surface area contributed by atoms with E-state index in [-0.39, 0.29) is 32.7 Å². The van der Waals surface area contributed by atoms with Crippen molar-refractivity contribution in [1.29, 1.82) is 0 Å². The van der Waals surface area contributed by atoms with Crippen LogP contribution < -0.4 is 16.1 Å². The summed E-state index contributed by atoms with van der Waals surface area (Å²) in [5, 5.41) is 9.53. The number of hydrogen-bond donors (Lipinski definition) is 3. The van der Waals surface area contributed by atoms with Crippen LogP contribution in [0.15, 0.2) is 91.0 Å². The number of primary amides is 1. The van der Waals surface area contributed by atoms with Crippen molar-refractivity contribution in [2.45, 2.75) is 26.8 Å². The minimum atomic E-state index is -0.518. The van der Waals surface area contributed by atoms with Gasteiger partial charge in [-0.25, -0.2) is 4.98 Å². The maximum absolute atomic E-state index is 11.8. The Kier molecular flexibility index (Phi) is 12.2.